The number of hydrogen-bond acceptors (Lipinski definition) is 3. The van der Waals surface area contributed by atoms with Crippen LogP contribution < -0.4 is 4.90 Å². The molecule has 5 nitrogen and oxygen atoms in total. The first kappa shape index (κ1) is 9.89. The summed E-state index contributed by atoms with van der Waals surface area (Å²) in [6, 6.07) is 0. The molecule has 1 amide bonds. The summed E-state index contributed by atoms with van der Waals surface area (Å²) in [7, 11) is 1.59. The largest absolute Gasteiger partial charge is 0.326 e. The molecular formula is C10H13N3O2. The Kier molecular flexibility index (Phi) is 2.53. The van der Waals surface area contributed by atoms with Crippen molar-refractivity contribution in [1.82, 2.24) is 9.55 Å². The minimum absolute atomic E-state index is 0.431. The van der Waals surface area contributed by atoms with Crippen LogP contribution >= 0.6 is 0 Å². The third kappa shape index (κ3) is 1.91. The van der Waals surface area contributed by atoms with E-state index in [9.17, 15) is 9.59 Å². The minimum atomic E-state index is 0.431. The van der Waals surface area contributed by atoms with Crippen LogP contribution in [0.2, 0.25) is 0 Å². The fraction of sp³-hybridized carbons (Fsp3) is 0.500. The lowest BCUT2D eigenvalue weighted by Gasteiger charge is -2.08. The number of rotatable bonds is 5. The lowest BCUT2D eigenvalue weighted by molar-refractivity contribution is -0.107. The van der Waals surface area contributed by atoms with E-state index in [1.165, 1.54) is 17.7 Å². The minimum Gasteiger partial charge on any atom is -0.326 e. The Morgan fingerprint density at radius 2 is 2.33 bits per heavy atom. The van der Waals surface area contributed by atoms with Crippen LogP contribution in [0.3, 0.4) is 0 Å². The van der Waals surface area contributed by atoms with Crippen LogP contribution in [0.1, 0.15) is 23.3 Å². The van der Waals surface area contributed by atoms with Crippen LogP contribution in [-0.4, -0.2) is 29.3 Å². The van der Waals surface area contributed by atoms with E-state index in [4.69, 9.17) is 0 Å². The van der Waals surface area contributed by atoms with Crippen LogP contribution in [0.15, 0.2) is 6.33 Å². The van der Waals surface area contributed by atoms with Crippen molar-refractivity contribution in [1.29, 1.82) is 0 Å². The summed E-state index contributed by atoms with van der Waals surface area (Å²) in [5, 5.41) is 0. The molecule has 15 heavy (non-hydrogen) atoms. The van der Waals surface area contributed by atoms with Gasteiger partial charge in [0, 0.05) is 13.6 Å². The normalized spacial score (nSPS) is 15.0. The molecule has 0 spiro atoms. The molecule has 1 aromatic heterocycles. The van der Waals surface area contributed by atoms with Gasteiger partial charge in [0.2, 0.25) is 6.41 Å². The molecule has 0 N–H and O–H groups in total. The molecular weight excluding hydrogens is 194 g/mol. The van der Waals surface area contributed by atoms with Crippen LogP contribution in [0.4, 0.5) is 5.82 Å². The summed E-state index contributed by atoms with van der Waals surface area (Å²) in [5.41, 5.74) is 0.483. The zero-order chi connectivity index (χ0) is 10.8. The second kappa shape index (κ2) is 3.84. The Morgan fingerprint density at radius 1 is 1.60 bits per heavy atom. The highest BCUT2D eigenvalue weighted by Crippen LogP contribution is 2.31. The molecule has 0 aliphatic heterocycles. The van der Waals surface area contributed by atoms with E-state index < -0.39 is 0 Å². The number of carbonyl (C=O) groups excluding carboxylic acids is 2. The van der Waals surface area contributed by atoms with Gasteiger partial charge in [-0.3, -0.25) is 9.59 Å². The van der Waals surface area contributed by atoms with Crippen LogP contribution in [0.5, 0.6) is 0 Å². The molecule has 0 bridgehead atoms. The van der Waals surface area contributed by atoms with Gasteiger partial charge in [-0.05, 0) is 18.8 Å². The highest BCUT2D eigenvalue weighted by Gasteiger charge is 2.24. The summed E-state index contributed by atoms with van der Waals surface area (Å²) in [5.74, 6) is 1.10. The molecule has 0 radical (unpaired) electrons. The first-order valence-corrected chi connectivity index (χ1v) is 4.94. The highest BCUT2D eigenvalue weighted by atomic mass is 16.1. The number of hydrogen-bond donors (Lipinski definition) is 0. The molecule has 1 fully saturated rings. The summed E-state index contributed by atoms with van der Waals surface area (Å²) >= 11 is 0. The van der Waals surface area contributed by atoms with E-state index in [1.807, 2.05) is 4.57 Å². The van der Waals surface area contributed by atoms with Crippen molar-refractivity contribution < 1.29 is 9.59 Å². The number of anilines is 1. The Hall–Kier alpha value is -1.65. The number of amides is 1. The molecule has 5 heteroatoms. The van der Waals surface area contributed by atoms with Gasteiger partial charge in [0.05, 0.1) is 6.33 Å². The first-order chi connectivity index (χ1) is 7.26. The molecule has 0 aromatic carbocycles. The zero-order valence-corrected chi connectivity index (χ0v) is 8.59. The number of aldehydes is 1. The summed E-state index contributed by atoms with van der Waals surface area (Å²) in [6.07, 6.45) is 5.46. The molecule has 2 rings (SSSR count). The molecule has 0 atom stereocenters. The third-order valence-electron chi connectivity index (χ3n) is 2.61. The van der Waals surface area contributed by atoms with Gasteiger partial charge in [-0.1, -0.05) is 0 Å². The van der Waals surface area contributed by atoms with Gasteiger partial charge in [0.1, 0.15) is 5.69 Å². The monoisotopic (exact) mass is 207 g/mol. The van der Waals surface area contributed by atoms with E-state index in [0.29, 0.717) is 23.8 Å². The standard InChI is InChI=1S/C10H13N3O2/c1-12(7-15)10-9(5-14)13(6-11-10)4-8-2-3-8/h5-8H,2-4H2,1H3. The van der Waals surface area contributed by atoms with Gasteiger partial charge in [-0.2, -0.15) is 0 Å². The van der Waals surface area contributed by atoms with Gasteiger partial charge < -0.3 is 9.47 Å². The van der Waals surface area contributed by atoms with E-state index in [1.54, 1.807) is 13.4 Å². The molecule has 80 valence electrons. The Labute approximate surface area is 87.7 Å². The highest BCUT2D eigenvalue weighted by molar-refractivity contribution is 5.86. The quantitative estimate of drug-likeness (QED) is 0.668. The van der Waals surface area contributed by atoms with Crippen LogP contribution in [-0.2, 0) is 11.3 Å². The SMILES string of the molecule is CN(C=O)c1ncn(CC2CC2)c1C=O. The van der Waals surface area contributed by atoms with Gasteiger partial charge in [0.25, 0.3) is 0 Å². The van der Waals surface area contributed by atoms with E-state index >= 15 is 0 Å². The second-order valence-corrected chi connectivity index (χ2v) is 3.88. The van der Waals surface area contributed by atoms with Gasteiger partial charge in [0.15, 0.2) is 12.1 Å². The number of nitrogens with zero attached hydrogens (tertiary/aromatic N) is 3. The molecule has 1 aromatic rings. The third-order valence-corrected chi connectivity index (χ3v) is 2.61. The summed E-state index contributed by atoms with van der Waals surface area (Å²) in [4.78, 5) is 26.9. The molecule has 0 unspecified atom stereocenters. The number of carbonyl (C=O) groups is 2. The maximum absolute atomic E-state index is 10.9. The van der Waals surface area contributed by atoms with E-state index in [2.05, 4.69) is 4.98 Å². The van der Waals surface area contributed by atoms with Gasteiger partial charge in [-0.15, -0.1) is 0 Å². The average Bonchev–Trinajstić information content (AvgIpc) is 2.96. The molecule has 1 saturated carbocycles. The molecule has 1 heterocycles. The van der Waals surface area contributed by atoms with Crippen LogP contribution in [0.25, 0.3) is 0 Å². The Bertz CT molecular complexity index is 382. The topological polar surface area (TPSA) is 55.2 Å². The smallest absolute Gasteiger partial charge is 0.215 e. The molecule has 1 aliphatic carbocycles. The summed E-state index contributed by atoms with van der Waals surface area (Å²) < 4.78 is 1.82. The lowest BCUT2D eigenvalue weighted by Crippen LogP contribution is -2.16. The maximum Gasteiger partial charge on any atom is 0.215 e. The zero-order valence-electron chi connectivity index (χ0n) is 8.59. The van der Waals surface area contributed by atoms with Gasteiger partial charge in [-0.25, -0.2) is 4.98 Å². The fourth-order valence-electron chi connectivity index (χ4n) is 1.55. The van der Waals surface area contributed by atoms with Crippen molar-refractivity contribution in [2.45, 2.75) is 19.4 Å². The van der Waals surface area contributed by atoms with E-state index in [0.717, 1.165) is 12.8 Å². The second-order valence-electron chi connectivity index (χ2n) is 3.88. The lowest BCUT2D eigenvalue weighted by atomic mass is 10.4. The van der Waals surface area contributed by atoms with Crippen molar-refractivity contribution in [2.24, 2.45) is 5.92 Å². The van der Waals surface area contributed by atoms with Crippen molar-refractivity contribution in [3.8, 4) is 0 Å². The average molecular weight is 207 g/mol. The van der Waals surface area contributed by atoms with E-state index in [-0.39, 0.29) is 0 Å². The van der Waals surface area contributed by atoms with Crippen LogP contribution in [0, 0.1) is 5.92 Å². The number of imidazole rings is 1. The fourth-order valence-corrected chi connectivity index (χ4v) is 1.55. The van der Waals surface area contributed by atoms with Crippen molar-refractivity contribution in [3.63, 3.8) is 0 Å². The Morgan fingerprint density at radius 3 is 2.87 bits per heavy atom. The van der Waals surface area contributed by atoms with Crippen molar-refractivity contribution in [2.75, 3.05) is 11.9 Å². The first-order valence-electron chi connectivity index (χ1n) is 4.94. The maximum atomic E-state index is 10.9. The van der Waals surface area contributed by atoms with Gasteiger partial charge >= 0.3 is 0 Å². The van der Waals surface area contributed by atoms with Crippen molar-refractivity contribution >= 4 is 18.5 Å². The van der Waals surface area contributed by atoms with Crippen molar-refractivity contribution in [3.05, 3.63) is 12.0 Å². The number of aromatic nitrogens is 2. The Balaban J connectivity index is 2.26. The molecule has 1 aliphatic rings. The predicted molar refractivity (Wildman–Crippen MR) is 54.8 cm³/mol. The summed E-state index contributed by atoms with van der Waals surface area (Å²) in [6.45, 7) is 0.827. The predicted octanol–water partition coefficient (Wildman–Crippen LogP) is 0.698. The molecule has 0 saturated heterocycles.